The fourth-order valence-corrected chi connectivity index (χ4v) is 3.35. The highest BCUT2D eigenvalue weighted by molar-refractivity contribution is 5.48. The van der Waals surface area contributed by atoms with Crippen LogP contribution in [0.5, 0.6) is 0 Å². The topological polar surface area (TPSA) is 71.2 Å². The van der Waals surface area contributed by atoms with Crippen molar-refractivity contribution in [3.05, 3.63) is 42.0 Å². The summed E-state index contributed by atoms with van der Waals surface area (Å²) in [6.07, 6.45) is 3.62. The number of rotatable bonds is 5. The Morgan fingerprint density at radius 2 is 2.20 bits per heavy atom. The minimum absolute atomic E-state index is 0.583. The average molecular weight is 337 g/mol. The molecule has 1 aliphatic heterocycles. The van der Waals surface area contributed by atoms with Gasteiger partial charge in [0.15, 0.2) is 0 Å². The van der Waals surface area contributed by atoms with Crippen molar-refractivity contribution in [2.75, 3.05) is 29.9 Å². The van der Waals surface area contributed by atoms with Gasteiger partial charge in [-0.2, -0.15) is 14.6 Å². The first-order chi connectivity index (χ1) is 12.2. The van der Waals surface area contributed by atoms with Gasteiger partial charge in [-0.3, -0.25) is 0 Å². The molecule has 0 radical (unpaired) electrons. The smallest absolute Gasteiger partial charge is 0.254 e. The van der Waals surface area contributed by atoms with Crippen LogP contribution >= 0.6 is 0 Å². The maximum Gasteiger partial charge on any atom is 0.254 e. The predicted octanol–water partition coefficient (Wildman–Crippen LogP) is 2.33. The molecule has 130 valence electrons. The summed E-state index contributed by atoms with van der Waals surface area (Å²) in [5, 5.41) is 7.81. The first-order valence-electron chi connectivity index (χ1n) is 8.85. The Hall–Kier alpha value is -2.70. The molecule has 1 atom stereocenters. The summed E-state index contributed by atoms with van der Waals surface area (Å²) in [5.74, 6) is 3.31. The molecular formula is C18H23N7. The molecule has 0 amide bonds. The van der Waals surface area contributed by atoms with Gasteiger partial charge in [0.2, 0.25) is 0 Å². The zero-order valence-electron chi connectivity index (χ0n) is 14.7. The number of pyridine rings is 1. The van der Waals surface area contributed by atoms with Crippen LogP contribution in [-0.2, 0) is 6.42 Å². The van der Waals surface area contributed by atoms with E-state index in [2.05, 4.69) is 43.3 Å². The molecule has 7 nitrogen and oxygen atoms in total. The lowest BCUT2D eigenvalue weighted by atomic mass is 10.1. The SMILES string of the molecule is CCc1cc(N2CC[C@H](CNc3cccc(C)n3)C2)n2ncnc2n1. The van der Waals surface area contributed by atoms with Gasteiger partial charge in [-0.15, -0.1) is 0 Å². The molecule has 0 unspecified atom stereocenters. The van der Waals surface area contributed by atoms with Crippen LogP contribution in [0.3, 0.4) is 0 Å². The van der Waals surface area contributed by atoms with Crippen LogP contribution < -0.4 is 10.2 Å². The van der Waals surface area contributed by atoms with Crippen LogP contribution in [0.2, 0.25) is 0 Å². The number of hydrogen-bond donors (Lipinski definition) is 1. The van der Waals surface area contributed by atoms with E-state index in [1.54, 1.807) is 6.33 Å². The minimum Gasteiger partial charge on any atom is -0.370 e. The van der Waals surface area contributed by atoms with E-state index in [0.717, 1.165) is 55.5 Å². The molecule has 3 aromatic heterocycles. The number of anilines is 2. The van der Waals surface area contributed by atoms with Crippen molar-refractivity contribution in [2.24, 2.45) is 5.92 Å². The van der Waals surface area contributed by atoms with Crippen LogP contribution in [0, 0.1) is 12.8 Å². The number of hydrogen-bond acceptors (Lipinski definition) is 6. The molecule has 0 saturated carbocycles. The van der Waals surface area contributed by atoms with E-state index in [4.69, 9.17) is 0 Å². The molecule has 0 aliphatic carbocycles. The highest BCUT2D eigenvalue weighted by Crippen LogP contribution is 2.25. The summed E-state index contributed by atoms with van der Waals surface area (Å²) in [7, 11) is 0. The van der Waals surface area contributed by atoms with E-state index in [-0.39, 0.29) is 0 Å². The van der Waals surface area contributed by atoms with Crippen molar-refractivity contribution in [3.63, 3.8) is 0 Å². The van der Waals surface area contributed by atoms with Crippen LogP contribution in [0.25, 0.3) is 5.78 Å². The van der Waals surface area contributed by atoms with E-state index in [1.165, 1.54) is 0 Å². The molecule has 1 aliphatic rings. The Balaban J connectivity index is 1.46. The maximum atomic E-state index is 4.53. The van der Waals surface area contributed by atoms with E-state index < -0.39 is 0 Å². The summed E-state index contributed by atoms with van der Waals surface area (Å²) < 4.78 is 1.84. The summed E-state index contributed by atoms with van der Waals surface area (Å²) in [6, 6.07) is 8.21. The third-order valence-corrected chi connectivity index (χ3v) is 4.72. The van der Waals surface area contributed by atoms with Gasteiger partial charge in [-0.1, -0.05) is 13.0 Å². The van der Waals surface area contributed by atoms with Crippen molar-refractivity contribution in [1.82, 2.24) is 24.6 Å². The molecule has 3 aromatic rings. The summed E-state index contributed by atoms with van der Waals surface area (Å²) >= 11 is 0. The van der Waals surface area contributed by atoms with Crippen LogP contribution in [0.15, 0.2) is 30.6 Å². The van der Waals surface area contributed by atoms with Gasteiger partial charge >= 0.3 is 0 Å². The second-order valence-corrected chi connectivity index (χ2v) is 6.58. The van der Waals surface area contributed by atoms with Gasteiger partial charge in [-0.05, 0) is 37.8 Å². The van der Waals surface area contributed by atoms with Crippen LogP contribution in [0.4, 0.5) is 11.6 Å². The predicted molar refractivity (Wildman–Crippen MR) is 97.9 cm³/mol. The molecule has 4 rings (SSSR count). The second-order valence-electron chi connectivity index (χ2n) is 6.58. The van der Waals surface area contributed by atoms with E-state index in [9.17, 15) is 0 Å². The lowest BCUT2D eigenvalue weighted by Gasteiger charge is -2.20. The third kappa shape index (κ3) is 3.26. The Morgan fingerprint density at radius 1 is 1.28 bits per heavy atom. The van der Waals surface area contributed by atoms with Gasteiger partial charge in [0, 0.05) is 37.1 Å². The molecule has 0 aromatic carbocycles. The second kappa shape index (κ2) is 6.66. The van der Waals surface area contributed by atoms with E-state index in [0.29, 0.717) is 11.7 Å². The largest absolute Gasteiger partial charge is 0.370 e. The van der Waals surface area contributed by atoms with Gasteiger partial charge in [-0.25, -0.2) is 9.97 Å². The van der Waals surface area contributed by atoms with Crippen molar-refractivity contribution in [2.45, 2.75) is 26.7 Å². The fraction of sp³-hybridized carbons (Fsp3) is 0.444. The quantitative estimate of drug-likeness (QED) is 0.770. The first kappa shape index (κ1) is 15.8. The Morgan fingerprint density at radius 3 is 3.04 bits per heavy atom. The first-order valence-corrected chi connectivity index (χ1v) is 8.85. The molecule has 4 heterocycles. The number of fused-ring (bicyclic) bond motifs is 1. The molecular weight excluding hydrogens is 314 g/mol. The zero-order valence-corrected chi connectivity index (χ0v) is 14.7. The molecule has 1 N–H and O–H groups in total. The molecule has 1 saturated heterocycles. The normalized spacial score (nSPS) is 17.4. The Bertz CT molecular complexity index is 873. The lowest BCUT2D eigenvalue weighted by Crippen LogP contribution is -2.25. The van der Waals surface area contributed by atoms with Crippen molar-refractivity contribution < 1.29 is 0 Å². The minimum atomic E-state index is 0.583. The summed E-state index contributed by atoms with van der Waals surface area (Å²) in [6.45, 7) is 7.08. The Labute approximate surface area is 147 Å². The fourth-order valence-electron chi connectivity index (χ4n) is 3.35. The summed E-state index contributed by atoms with van der Waals surface area (Å²) in [5.41, 5.74) is 2.09. The standard InChI is InChI=1S/C18H23N7/c1-3-15-9-17(25-18(23-15)20-12-21-25)24-8-7-14(11-24)10-19-16-6-4-5-13(2)22-16/h4-6,9,12,14H,3,7-8,10-11H2,1-2H3,(H,19,22)/t14-/m1/s1. The number of aryl methyl sites for hydroxylation is 2. The lowest BCUT2D eigenvalue weighted by molar-refractivity contribution is 0.620. The van der Waals surface area contributed by atoms with Gasteiger partial charge < -0.3 is 10.2 Å². The van der Waals surface area contributed by atoms with Gasteiger partial charge in [0.25, 0.3) is 5.78 Å². The number of nitrogens with one attached hydrogen (secondary N) is 1. The maximum absolute atomic E-state index is 4.53. The van der Waals surface area contributed by atoms with Crippen LogP contribution in [-0.4, -0.2) is 44.2 Å². The van der Waals surface area contributed by atoms with Gasteiger partial charge in [0.05, 0.1) is 0 Å². The van der Waals surface area contributed by atoms with E-state index >= 15 is 0 Å². The van der Waals surface area contributed by atoms with Crippen molar-refractivity contribution in [1.29, 1.82) is 0 Å². The molecule has 1 fully saturated rings. The highest BCUT2D eigenvalue weighted by Gasteiger charge is 2.25. The summed E-state index contributed by atoms with van der Waals surface area (Å²) in [4.78, 5) is 15.7. The number of nitrogens with zero attached hydrogens (tertiary/aromatic N) is 6. The molecule has 25 heavy (non-hydrogen) atoms. The third-order valence-electron chi connectivity index (χ3n) is 4.72. The molecule has 0 bridgehead atoms. The molecule has 0 spiro atoms. The number of aromatic nitrogens is 5. The monoisotopic (exact) mass is 337 g/mol. The van der Waals surface area contributed by atoms with Crippen molar-refractivity contribution in [3.8, 4) is 0 Å². The van der Waals surface area contributed by atoms with Crippen LogP contribution in [0.1, 0.15) is 24.7 Å². The van der Waals surface area contributed by atoms with Gasteiger partial charge in [0.1, 0.15) is 18.0 Å². The van der Waals surface area contributed by atoms with Crippen molar-refractivity contribution >= 4 is 17.4 Å². The Kier molecular flexibility index (Phi) is 4.21. The zero-order chi connectivity index (χ0) is 17.2. The van der Waals surface area contributed by atoms with E-state index in [1.807, 2.05) is 29.6 Å². The molecule has 7 heteroatoms. The average Bonchev–Trinajstić information content (AvgIpc) is 3.28. The highest BCUT2D eigenvalue weighted by atomic mass is 15.4.